The van der Waals surface area contributed by atoms with Crippen molar-refractivity contribution >= 4 is 23.5 Å². The molecule has 0 aliphatic carbocycles. The van der Waals surface area contributed by atoms with Gasteiger partial charge in [0.25, 0.3) is 0 Å². The number of carboxylic acids is 1. The number of nitrogens with one attached hydrogen (secondary N) is 1. The van der Waals surface area contributed by atoms with Crippen LogP contribution in [-0.4, -0.2) is 32.8 Å². The standard InChI is InChI=1S/C9H12ClN3O3/c1-5-7(10)3-13(12-5)4-8(9(15)16)11-6(2)14/h3,8H,4H2,1-2H3,(H,11,14)(H,15,16). The predicted molar refractivity (Wildman–Crippen MR) is 57.2 cm³/mol. The molecule has 1 amide bonds. The summed E-state index contributed by atoms with van der Waals surface area (Å²) in [5.41, 5.74) is 0.619. The van der Waals surface area contributed by atoms with Crippen LogP contribution in [-0.2, 0) is 16.1 Å². The summed E-state index contributed by atoms with van der Waals surface area (Å²) in [5.74, 6) is -1.51. The van der Waals surface area contributed by atoms with E-state index in [4.69, 9.17) is 16.7 Å². The van der Waals surface area contributed by atoms with E-state index < -0.39 is 17.9 Å². The normalized spacial score (nSPS) is 12.2. The Morgan fingerprint density at radius 3 is 2.69 bits per heavy atom. The van der Waals surface area contributed by atoms with Crippen LogP contribution in [0, 0.1) is 6.92 Å². The number of hydrogen-bond donors (Lipinski definition) is 2. The van der Waals surface area contributed by atoms with Gasteiger partial charge in [-0.25, -0.2) is 4.79 Å². The number of carboxylic acid groups (broad SMARTS) is 1. The lowest BCUT2D eigenvalue weighted by atomic mass is 10.3. The zero-order chi connectivity index (χ0) is 12.3. The quantitative estimate of drug-likeness (QED) is 0.806. The summed E-state index contributed by atoms with van der Waals surface area (Å²) in [6.07, 6.45) is 1.52. The van der Waals surface area contributed by atoms with Gasteiger partial charge in [0.15, 0.2) is 0 Å². The zero-order valence-corrected chi connectivity index (χ0v) is 9.65. The molecule has 16 heavy (non-hydrogen) atoms. The van der Waals surface area contributed by atoms with Crippen LogP contribution in [0.2, 0.25) is 5.02 Å². The van der Waals surface area contributed by atoms with E-state index in [1.165, 1.54) is 17.8 Å². The van der Waals surface area contributed by atoms with E-state index in [9.17, 15) is 9.59 Å². The summed E-state index contributed by atoms with van der Waals surface area (Å²) >= 11 is 5.78. The van der Waals surface area contributed by atoms with E-state index >= 15 is 0 Å². The van der Waals surface area contributed by atoms with Crippen LogP contribution < -0.4 is 5.32 Å². The van der Waals surface area contributed by atoms with Crippen molar-refractivity contribution in [2.24, 2.45) is 0 Å². The van der Waals surface area contributed by atoms with E-state index in [2.05, 4.69) is 10.4 Å². The maximum atomic E-state index is 10.8. The van der Waals surface area contributed by atoms with Gasteiger partial charge in [0, 0.05) is 13.1 Å². The molecule has 0 spiro atoms. The van der Waals surface area contributed by atoms with E-state index in [-0.39, 0.29) is 6.54 Å². The van der Waals surface area contributed by atoms with Crippen LogP contribution in [0.3, 0.4) is 0 Å². The molecule has 0 fully saturated rings. The summed E-state index contributed by atoms with van der Waals surface area (Å²) in [5, 5.41) is 15.7. The van der Waals surface area contributed by atoms with Crippen LogP contribution >= 0.6 is 11.6 Å². The number of amides is 1. The molecule has 2 N–H and O–H groups in total. The summed E-state index contributed by atoms with van der Waals surface area (Å²) in [6, 6.07) is -1.01. The summed E-state index contributed by atoms with van der Waals surface area (Å²) in [4.78, 5) is 21.6. The third-order valence-electron chi connectivity index (χ3n) is 1.93. The molecule has 6 nitrogen and oxygen atoms in total. The van der Waals surface area contributed by atoms with Crippen molar-refractivity contribution in [3.8, 4) is 0 Å². The highest BCUT2D eigenvalue weighted by atomic mass is 35.5. The highest BCUT2D eigenvalue weighted by molar-refractivity contribution is 6.31. The number of rotatable bonds is 4. The summed E-state index contributed by atoms with van der Waals surface area (Å²) in [7, 11) is 0. The van der Waals surface area contributed by atoms with E-state index in [1.54, 1.807) is 6.92 Å². The van der Waals surface area contributed by atoms with Crippen molar-refractivity contribution in [3.05, 3.63) is 16.9 Å². The van der Waals surface area contributed by atoms with E-state index in [0.29, 0.717) is 10.7 Å². The van der Waals surface area contributed by atoms with Crippen LogP contribution in [0.15, 0.2) is 6.20 Å². The first kappa shape index (κ1) is 12.5. The molecular formula is C9H12ClN3O3. The molecule has 0 bridgehead atoms. The van der Waals surface area contributed by atoms with Gasteiger partial charge in [-0.1, -0.05) is 11.6 Å². The minimum absolute atomic E-state index is 0.0441. The van der Waals surface area contributed by atoms with Crippen molar-refractivity contribution in [1.29, 1.82) is 0 Å². The molecule has 1 atom stereocenters. The zero-order valence-electron chi connectivity index (χ0n) is 8.90. The fraction of sp³-hybridized carbons (Fsp3) is 0.444. The Bertz CT molecular complexity index is 397. The van der Waals surface area contributed by atoms with Gasteiger partial charge in [-0.15, -0.1) is 0 Å². The Hall–Kier alpha value is -1.56. The Balaban J connectivity index is 2.75. The number of hydrogen-bond acceptors (Lipinski definition) is 3. The Labute approximate surface area is 97.2 Å². The number of aromatic nitrogens is 2. The van der Waals surface area contributed by atoms with E-state index in [0.717, 1.165) is 0 Å². The average Bonchev–Trinajstić information content (AvgIpc) is 2.44. The molecule has 1 unspecified atom stereocenters. The lowest BCUT2D eigenvalue weighted by molar-refractivity contribution is -0.142. The van der Waals surface area contributed by atoms with Crippen LogP contribution in [0.25, 0.3) is 0 Å². The van der Waals surface area contributed by atoms with Crippen LogP contribution in [0.1, 0.15) is 12.6 Å². The topological polar surface area (TPSA) is 84.2 Å². The lowest BCUT2D eigenvalue weighted by Gasteiger charge is -2.12. The maximum Gasteiger partial charge on any atom is 0.328 e. The first-order valence-corrected chi connectivity index (χ1v) is 4.97. The number of carbonyl (C=O) groups excluding carboxylic acids is 1. The maximum absolute atomic E-state index is 10.8. The van der Waals surface area contributed by atoms with Crippen molar-refractivity contribution in [2.45, 2.75) is 26.4 Å². The molecule has 0 saturated heterocycles. The Morgan fingerprint density at radius 2 is 2.31 bits per heavy atom. The Kier molecular flexibility index (Phi) is 3.89. The van der Waals surface area contributed by atoms with Gasteiger partial charge >= 0.3 is 5.97 Å². The monoisotopic (exact) mass is 245 g/mol. The van der Waals surface area contributed by atoms with Crippen molar-refractivity contribution < 1.29 is 14.7 Å². The molecular weight excluding hydrogens is 234 g/mol. The molecule has 0 aromatic carbocycles. The SMILES string of the molecule is CC(=O)NC(Cn1cc(Cl)c(C)n1)C(=O)O. The van der Waals surface area contributed by atoms with Crippen LogP contribution in [0.4, 0.5) is 0 Å². The molecule has 0 aliphatic heterocycles. The van der Waals surface area contributed by atoms with E-state index in [1.807, 2.05) is 0 Å². The Morgan fingerprint density at radius 1 is 1.69 bits per heavy atom. The number of aliphatic carboxylic acids is 1. The lowest BCUT2D eigenvalue weighted by Crippen LogP contribution is -2.42. The molecule has 1 rings (SSSR count). The fourth-order valence-corrected chi connectivity index (χ4v) is 1.36. The highest BCUT2D eigenvalue weighted by Crippen LogP contribution is 2.12. The van der Waals surface area contributed by atoms with Crippen molar-refractivity contribution in [2.75, 3.05) is 0 Å². The third kappa shape index (κ3) is 3.23. The van der Waals surface area contributed by atoms with Gasteiger partial charge in [0.2, 0.25) is 5.91 Å². The molecule has 0 saturated carbocycles. The number of carbonyl (C=O) groups is 2. The van der Waals surface area contributed by atoms with Gasteiger partial charge < -0.3 is 10.4 Å². The predicted octanol–water partition coefficient (Wildman–Crippen LogP) is 0.434. The molecule has 1 heterocycles. The summed E-state index contributed by atoms with van der Waals surface area (Å²) in [6.45, 7) is 3.02. The highest BCUT2D eigenvalue weighted by Gasteiger charge is 2.19. The molecule has 1 aromatic rings. The fourth-order valence-electron chi connectivity index (χ4n) is 1.20. The second-order valence-electron chi connectivity index (χ2n) is 3.38. The minimum Gasteiger partial charge on any atom is -0.480 e. The first-order valence-electron chi connectivity index (χ1n) is 4.59. The molecule has 88 valence electrons. The van der Waals surface area contributed by atoms with Crippen LogP contribution in [0.5, 0.6) is 0 Å². The molecule has 1 aromatic heterocycles. The van der Waals surface area contributed by atoms with Gasteiger partial charge in [0.1, 0.15) is 6.04 Å². The number of halogens is 1. The van der Waals surface area contributed by atoms with Gasteiger partial charge in [0.05, 0.1) is 17.3 Å². The second kappa shape index (κ2) is 4.98. The first-order chi connectivity index (χ1) is 7.40. The largest absolute Gasteiger partial charge is 0.480 e. The van der Waals surface area contributed by atoms with Gasteiger partial charge in [-0.3, -0.25) is 9.48 Å². The van der Waals surface area contributed by atoms with Gasteiger partial charge in [-0.05, 0) is 6.92 Å². The average molecular weight is 246 g/mol. The molecule has 7 heteroatoms. The molecule has 0 radical (unpaired) electrons. The smallest absolute Gasteiger partial charge is 0.328 e. The number of nitrogens with zero attached hydrogens (tertiary/aromatic N) is 2. The minimum atomic E-state index is -1.11. The van der Waals surface area contributed by atoms with Crippen molar-refractivity contribution in [1.82, 2.24) is 15.1 Å². The van der Waals surface area contributed by atoms with Crippen molar-refractivity contribution in [3.63, 3.8) is 0 Å². The molecule has 0 aliphatic rings. The number of aryl methyl sites for hydroxylation is 1. The van der Waals surface area contributed by atoms with Gasteiger partial charge in [-0.2, -0.15) is 5.10 Å². The summed E-state index contributed by atoms with van der Waals surface area (Å²) < 4.78 is 1.40. The third-order valence-corrected chi connectivity index (χ3v) is 2.30. The second-order valence-corrected chi connectivity index (χ2v) is 3.78.